The van der Waals surface area contributed by atoms with E-state index in [9.17, 15) is 4.79 Å². The first-order valence-corrected chi connectivity index (χ1v) is 8.92. The molecule has 0 radical (unpaired) electrons. The smallest absolute Gasteiger partial charge is 0.223 e. The lowest BCUT2D eigenvalue weighted by Crippen LogP contribution is -2.42. The van der Waals surface area contributed by atoms with Gasteiger partial charge in [-0.25, -0.2) is 0 Å². The van der Waals surface area contributed by atoms with Crippen molar-refractivity contribution in [2.24, 2.45) is 5.92 Å². The van der Waals surface area contributed by atoms with Gasteiger partial charge >= 0.3 is 0 Å². The van der Waals surface area contributed by atoms with E-state index in [0.717, 1.165) is 43.0 Å². The van der Waals surface area contributed by atoms with Gasteiger partial charge in [0.1, 0.15) is 5.82 Å². The second kappa shape index (κ2) is 6.04. The highest BCUT2D eigenvalue weighted by Gasteiger charge is 2.40. The molecule has 2 aliphatic rings. The normalized spacial score (nSPS) is 22.5. The molecule has 1 amide bonds. The van der Waals surface area contributed by atoms with E-state index < -0.39 is 0 Å². The summed E-state index contributed by atoms with van der Waals surface area (Å²) in [5.41, 5.74) is 1.09. The first-order chi connectivity index (χ1) is 11.6. The van der Waals surface area contributed by atoms with Crippen molar-refractivity contribution >= 4 is 5.91 Å². The van der Waals surface area contributed by atoms with E-state index in [1.165, 1.54) is 0 Å². The van der Waals surface area contributed by atoms with Crippen LogP contribution in [0.25, 0.3) is 11.4 Å². The number of carbonyl (C=O) groups is 1. The van der Waals surface area contributed by atoms with Crippen LogP contribution in [0.4, 0.5) is 0 Å². The zero-order valence-electron chi connectivity index (χ0n) is 14.4. The molecule has 0 aliphatic carbocycles. The van der Waals surface area contributed by atoms with Crippen LogP contribution in [-0.2, 0) is 17.8 Å². The van der Waals surface area contributed by atoms with E-state index >= 15 is 0 Å². The van der Waals surface area contributed by atoms with Crippen molar-refractivity contribution in [3.8, 4) is 11.4 Å². The van der Waals surface area contributed by atoms with Crippen molar-refractivity contribution < 1.29 is 4.79 Å². The predicted octanol–water partition coefficient (Wildman–Crippen LogP) is 2.91. The Morgan fingerprint density at radius 1 is 1.17 bits per heavy atom. The molecule has 2 aliphatic heterocycles. The molecule has 2 aromatic rings. The van der Waals surface area contributed by atoms with Crippen LogP contribution in [0.15, 0.2) is 30.3 Å². The van der Waals surface area contributed by atoms with Gasteiger partial charge in [0.15, 0.2) is 5.82 Å². The molecular formula is C19H24N4O. The summed E-state index contributed by atoms with van der Waals surface area (Å²) < 4.78 is 2.23. The molecule has 2 bridgehead atoms. The zero-order chi connectivity index (χ0) is 16.7. The average molecular weight is 324 g/mol. The SMILES string of the molecule is CC(C)CC(=O)N1[C@@H]2CC[C@H]1Cc1nnc(-c3ccccc3)n1C2. The lowest BCUT2D eigenvalue weighted by Gasteiger charge is -2.28. The molecule has 0 spiro atoms. The Hall–Kier alpha value is -2.17. The van der Waals surface area contributed by atoms with Gasteiger partial charge in [0.2, 0.25) is 5.91 Å². The number of nitrogens with zero attached hydrogens (tertiary/aromatic N) is 4. The predicted molar refractivity (Wildman–Crippen MR) is 92.3 cm³/mol. The Balaban J connectivity index is 1.65. The Bertz CT molecular complexity index is 737. The molecule has 2 atom stereocenters. The van der Waals surface area contributed by atoms with E-state index in [4.69, 9.17) is 0 Å². The Morgan fingerprint density at radius 3 is 2.67 bits per heavy atom. The van der Waals surface area contributed by atoms with Gasteiger partial charge in [0.05, 0.1) is 6.04 Å². The van der Waals surface area contributed by atoms with Crippen molar-refractivity contribution in [1.82, 2.24) is 19.7 Å². The lowest BCUT2D eigenvalue weighted by molar-refractivity contribution is -0.134. The van der Waals surface area contributed by atoms with Crippen LogP contribution < -0.4 is 0 Å². The van der Waals surface area contributed by atoms with Crippen LogP contribution in [0.1, 0.15) is 38.9 Å². The molecule has 0 saturated carbocycles. The third-order valence-corrected chi connectivity index (χ3v) is 5.16. The molecular weight excluding hydrogens is 300 g/mol. The number of hydrogen-bond acceptors (Lipinski definition) is 3. The Morgan fingerprint density at radius 2 is 1.92 bits per heavy atom. The largest absolute Gasteiger partial charge is 0.334 e. The summed E-state index contributed by atoms with van der Waals surface area (Å²) in [5.74, 6) is 2.65. The van der Waals surface area contributed by atoms with Crippen LogP contribution >= 0.6 is 0 Å². The van der Waals surface area contributed by atoms with Gasteiger partial charge in [-0.1, -0.05) is 44.2 Å². The second-order valence-electron chi connectivity index (χ2n) is 7.40. The van der Waals surface area contributed by atoms with Gasteiger partial charge < -0.3 is 9.47 Å². The number of amides is 1. The van der Waals surface area contributed by atoms with Crippen molar-refractivity contribution in [3.63, 3.8) is 0 Å². The van der Waals surface area contributed by atoms with Gasteiger partial charge in [-0.05, 0) is 18.8 Å². The highest BCUT2D eigenvalue weighted by atomic mass is 16.2. The summed E-state index contributed by atoms with van der Waals surface area (Å²) >= 11 is 0. The third-order valence-electron chi connectivity index (χ3n) is 5.16. The minimum absolute atomic E-state index is 0.279. The molecule has 1 aromatic heterocycles. The first-order valence-electron chi connectivity index (χ1n) is 8.92. The van der Waals surface area contributed by atoms with E-state index in [2.05, 4.69) is 45.6 Å². The van der Waals surface area contributed by atoms with Crippen LogP contribution in [0.3, 0.4) is 0 Å². The van der Waals surface area contributed by atoms with E-state index in [1.807, 2.05) is 18.2 Å². The second-order valence-corrected chi connectivity index (χ2v) is 7.40. The fourth-order valence-corrected chi connectivity index (χ4v) is 4.10. The minimum Gasteiger partial charge on any atom is -0.334 e. The molecule has 126 valence electrons. The zero-order valence-corrected chi connectivity index (χ0v) is 14.4. The monoisotopic (exact) mass is 324 g/mol. The van der Waals surface area contributed by atoms with E-state index in [1.54, 1.807) is 0 Å². The van der Waals surface area contributed by atoms with Gasteiger partial charge in [0, 0.05) is 31.0 Å². The number of hydrogen-bond donors (Lipinski definition) is 0. The van der Waals surface area contributed by atoms with Crippen molar-refractivity contribution in [2.45, 2.75) is 58.2 Å². The van der Waals surface area contributed by atoms with Crippen LogP contribution in [-0.4, -0.2) is 37.7 Å². The number of carbonyl (C=O) groups excluding carboxylic acids is 1. The van der Waals surface area contributed by atoms with Crippen molar-refractivity contribution in [1.29, 1.82) is 0 Å². The summed E-state index contributed by atoms with van der Waals surface area (Å²) in [4.78, 5) is 14.9. The lowest BCUT2D eigenvalue weighted by atomic mass is 10.1. The highest BCUT2D eigenvalue weighted by Crippen LogP contribution is 2.34. The van der Waals surface area contributed by atoms with Crippen LogP contribution in [0.5, 0.6) is 0 Å². The maximum absolute atomic E-state index is 12.7. The van der Waals surface area contributed by atoms with Gasteiger partial charge in [-0.15, -0.1) is 10.2 Å². The molecule has 1 saturated heterocycles. The fraction of sp³-hybridized carbons (Fsp3) is 0.526. The van der Waals surface area contributed by atoms with Crippen LogP contribution in [0.2, 0.25) is 0 Å². The first kappa shape index (κ1) is 15.4. The fourth-order valence-electron chi connectivity index (χ4n) is 4.10. The van der Waals surface area contributed by atoms with Crippen LogP contribution in [0, 0.1) is 5.92 Å². The van der Waals surface area contributed by atoms with Crippen molar-refractivity contribution in [3.05, 3.63) is 36.2 Å². The Kier molecular flexibility index (Phi) is 3.87. The highest BCUT2D eigenvalue weighted by molar-refractivity contribution is 5.77. The van der Waals surface area contributed by atoms with E-state index in [-0.39, 0.29) is 12.1 Å². The Labute approximate surface area is 142 Å². The van der Waals surface area contributed by atoms with Gasteiger partial charge in [-0.3, -0.25) is 4.79 Å². The molecule has 3 heterocycles. The standard InChI is InChI=1S/C19H24N4O/c1-13(2)10-18(24)23-15-8-9-16(23)12-22-17(11-15)20-21-19(22)14-6-4-3-5-7-14/h3-7,13,15-16H,8-12H2,1-2H3/t15-,16+/m0/s1. The topological polar surface area (TPSA) is 51.0 Å². The maximum Gasteiger partial charge on any atom is 0.223 e. The molecule has 5 nitrogen and oxygen atoms in total. The number of aromatic nitrogens is 3. The summed E-state index contributed by atoms with van der Waals surface area (Å²) in [5, 5.41) is 8.88. The molecule has 0 N–H and O–H groups in total. The number of benzene rings is 1. The molecule has 24 heavy (non-hydrogen) atoms. The van der Waals surface area contributed by atoms with Crippen molar-refractivity contribution in [2.75, 3.05) is 0 Å². The molecule has 1 aromatic carbocycles. The minimum atomic E-state index is 0.279. The molecule has 0 unspecified atom stereocenters. The number of rotatable bonds is 3. The van der Waals surface area contributed by atoms with Gasteiger partial charge in [0.25, 0.3) is 0 Å². The summed E-state index contributed by atoms with van der Waals surface area (Å²) in [7, 11) is 0. The maximum atomic E-state index is 12.7. The average Bonchev–Trinajstić information content (AvgIpc) is 3.07. The van der Waals surface area contributed by atoms with Gasteiger partial charge in [-0.2, -0.15) is 0 Å². The molecule has 4 rings (SSSR count). The summed E-state index contributed by atoms with van der Waals surface area (Å²) in [6.45, 7) is 5.03. The van der Waals surface area contributed by atoms with E-state index in [0.29, 0.717) is 18.2 Å². The third kappa shape index (κ3) is 2.62. The summed E-state index contributed by atoms with van der Waals surface area (Å²) in [6.07, 6.45) is 3.63. The molecule has 1 fully saturated rings. The quantitative estimate of drug-likeness (QED) is 0.872. The molecule has 5 heteroatoms. The number of fused-ring (bicyclic) bond motifs is 3. The summed E-state index contributed by atoms with van der Waals surface area (Å²) in [6, 6.07) is 10.8.